The number of hydrogen-bond acceptors (Lipinski definition) is 2. The van der Waals surface area contributed by atoms with E-state index in [-0.39, 0.29) is 36.2 Å². The monoisotopic (exact) mass is 226 g/mol. The molecule has 0 aromatic carbocycles. The maximum Gasteiger partial charge on any atom is 0.319 e. The van der Waals surface area contributed by atoms with Crippen molar-refractivity contribution in [2.75, 3.05) is 14.1 Å². The molecule has 0 aromatic rings. The lowest BCUT2D eigenvalue weighted by Gasteiger charge is -2.51. The van der Waals surface area contributed by atoms with Crippen molar-refractivity contribution in [3.05, 3.63) is 0 Å². The lowest BCUT2D eigenvalue weighted by Crippen LogP contribution is -2.73. The van der Waals surface area contributed by atoms with Crippen LogP contribution in [0.25, 0.3) is 0 Å². The predicted octanol–water partition coefficient (Wildman–Crippen LogP) is 0.0157. The van der Waals surface area contributed by atoms with Crippen molar-refractivity contribution in [3.63, 3.8) is 0 Å². The van der Waals surface area contributed by atoms with Crippen molar-refractivity contribution in [1.29, 1.82) is 0 Å². The van der Waals surface area contributed by atoms with E-state index in [1.54, 1.807) is 23.9 Å². The third kappa shape index (κ3) is 1.40. The third-order valence-electron chi connectivity index (χ3n) is 3.79. The van der Waals surface area contributed by atoms with E-state index in [2.05, 4.69) is 10.6 Å². The van der Waals surface area contributed by atoms with Gasteiger partial charge in [-0.15, -0.1) is 0 Å². The number of hydrogen-bond donors (Lipinski definition) is 2. The van der Waals surface area contributed by atoms with Gasteiger partial charge in [0.05, 0.1) is 0 Å². The molecule has 2 aliphatic rings. The van der Waals surface area contributed by atoms with Crippen LogP contribution in [0.5, 0.6) is 0 Å². The number of nitrogens with one attached hydrogen (secondary N) is 2. The van der Waals surface area contributed by atoms with Gasteiger partial charge in [0, 0.05) is 32.1 Å². The molecule has 0 spiro atoms. The van der Waals surface area contributed by atoms with Gasteiger partial charge in [-0.1, -0.05) is 0 Å². The minimum atomic E-state index is -0.206. The van der Waals surface area contributed by atoms with Crippen LogP contribution in [0.4, 0.5) is 9.59 Å². The molecule has 16 heavy (non-hydrogen) atoms. The molecule has 0 saturated carbocycles. The van der Waals surface area contributed by atoms with Crippen LogP contribution in [0.2, 0.25) is 0 Å². The Morgan fingerprint density at radius 2 is 1.56 bits per heavy atom. The molecule has 6 nitrogen and oxygen atoms in total. The summed E-state index contributed by atoms with van der Waals surface area (Å²) in [5, 5.41) is 5.76. The zero-order valence-electron chi connectivity index (χ0n) is 10.0. The van der Waals surface area contributed by atoms with E-state index in [1.165, 1.54) is 0 Å². The zero-order chi connectivity index (χ0) is 12.0. The summed E-state index contributed by atoms with van der Waals surface area (Å²) in [7, 11) is 3.48. The Morgan fingerprint density at radius 1 is 1.00 bits per heavy atom. The standard InChI is InChI=1S/C10H18N4O2/c1-5-7-6(2)13(3)10(16)12-8(7)14(4)9(15)11-5/h5-8H,1-4H3,(H,11,15)(H,12,16)/t5-,6+,7-,8-/m0/s1. The van der Waals surface area contributed by atoms with Gasteiger partial charge in [0.15, 0.2) is 0 Å². The van der Waals surface area contributed by atoms with Crippen molar-refractivity contribution in [3.8, 4) is 0 Å². The van der Waals surface area contributed by atoms with Crippen LogP contribution < -0.4 is 10.6 Å². The normalized spacial score (nSPS) is 39.0. The van der Waals surface area contributed by atoms with Gasteiger partial charge >= 0.3 is 12.1 Å². The summed E-state index contributed by atoms with van der Waals surface area (Å²) in [5.41, 5.74) is 0. The highest BCUT2D eigenvalue weighted by Gasteiger charge is 2.47. The van der Waals surface area contributed by atoms with Crippen molar-refractivity contribution in [1.82, 2.24) is 20.4 Å². The van der Waals surface area contributed by atoms with Gasteiger partial charge in [0.25, 0.3) is 0 Å². The zero-order valence-corrected chi connectivity index (χ0v) is 10.0. The first-order valence-corrected chi connectivity index (χ1v) is 5.50. The first-order chi connectivity index (χ1) is 7.43. The van der Waals surface area contributed by atoms with Gasteiger partial charge in [-0.2, -0.15) is 0 Å². The van der Waals surface area contributed by atoms with E-state index in [9.17, 15) is 9.59 Å². The van der Waals surface area contributed by atoms with Gasteiger partial charge in [-0.25, -0.2) is 9.59 Å². The van der Waals surface area contributed by atoms with Crippen LogP contribution in [0.1, 0.15) is 13.8 Å². The summed E-state index contributed by atoms with van der Waals surface area (Å²) in [5.74, 6) is 0.199. The Bertz CT molecular complexity index is 333. The van der Waals surface area contributed by atoms with Gasteiger partial charge < -0.3 is 20.4 Å². The van der Waals surface area contributed by atoms with Gasteiger partial charge in [0.2, 0.25) is 0 Å². The fraction of sp³-hybridized carbons (Fsp3) is 0.800. The van der Waals surface area contributed by atoms with Crippen LogP contribution in [0.15, 0.2) is 0 Å². The van der Waals surface area contributed by atoms with E-state index in [4.69, 9.17) is 0 Å². The topological polar surface area (TPSA) is 64.7 Å². The molecular formula is C10H18N4O2. The number of carbonyl (C=O) groups is 2. The average molecular weight is 226 g/mol. The molecule has 2 aliphatic heterocycles. The van der Waals surface area contributed by atoms with Crippen molar-refractivity contribution in [2.45, 2.75) is 32.1 Å². The van der Waals surface area contributed by atoms with Crippen LogP contribution in [-0.4, -0.2) is 54.2 Å². The molecule has 0 bridgehead atoms. The fourth-order valence-electron chi connectivity index (χ4n) is 2.60. The predicted molar refractivity (Wildman–Crippen MR) is 58.8 cm³/mol. The van der Waals surface area contributed by atoms with Crippen molar-refractivity contribution >= 4 is 12.1 Å². The van der Waals surface area contributed by atoms with Crippen LogP contribution in [0, 0.1) is 5.92 Å². The number of rotatable bonds is 0. The quantitative estimate of drug-likeness (QED) is 0.611. The molecule has 2 fully saturated rings. The first-order valence-electron chi connectivity index (χ1n) is 5.50. The molecule has 2 saturated heterocycles. The minimum absolute atomic E-state index is 0.0618. The number of urea groups is 2. The summed E-state index contributed by atoms with van der Waals surface area (Å²) < 4.78 is 0. The second kappa shape index (κ2) is 3.54. The van der Waals surface area contributed by atoms with E-state index in [0.717, 1.165) is 0 Å². The van der Waals surface area contributed by atoms with Crippen LogP contribution in [0.3, 0.4) is 0 Å². The highest BCUT2D eigenvalue weighted by Crippen LogP contribution is 2.27. The smallest absolute Gasteiger partial charge is 0.319 e. The number of fused-ring (bicyclic) bond motifs is 1. The molecule has 0 unspecified atom stereocenters. The third-order valence-corrected chi connectivity index (χ3v) is 3.79. The highest BCUT2D eigenvalue weighted by atomic mass is 16.2. The second-order valence-corrected chi connectivity index (χ2v) is 4.67. The number of amides is 4. The van der Waals surface area contributed by atoms with Gasteiger partial charge in [0.1, 0.15) is 6.17 Å². The van der Waals surface area contributed by atoms with Crippen molar-refractivity contribution in [2.24, 2.45) is 5.92 Å². The largest absolute Gasteiger partial charge is 0.335 e. The Hall–Kier alpha value is -1.46. The fourth-order valence-corrected chi connectivity index (χ4v) is 2.60. The van der Waals surface area contributed by atoms with E-state index in [0.29, 0.717) is 0 Å². The molecular weight excluding hydrogens is 208 g/mol. The molecule has 0 aliphatic carbocycles. The SMILES string of the molecule is C[C@@H]1NC(=O)N(C)[C@@H]2NC(=O)N(C)[C@H](C)[C@H]12. The molecule has 0 aromatic heterocycles. The van der Waals surface area contributed by atoms with E-state index in [1.807, 2.05) is 13.8 Å². The molecule has 2 N–H and O–H groups in total. The number of carbonyl (C=O) groups excluding carboxylic acids is 2. The molecule has 90 valence electrons. The summed E-state index contributed by atoms with van der Waals surface area (Å²) >= 11 is 0. The molecule has 2 rings (SSSR count). The lowest BCUT2D eigenvalue weighted by molar-refractivity contribution is 0.0318. The summed E-state index contributed by atoms with van der Waals surface area (Å²) in [6, 6.07) is -0.0862. The maximum atomic E-state index is 11.7. The molecule has 4 atom stereocenters. The maximum absolute atomic E-state index is 11.7. The average Bonchev–Trinajstić information content (AvgIpc) is 2.22. The molecule has 4 amide bonds. The van der Waals surface area contributed by atoms with E-state index >= 15 is 0 Å². The first kappa shape index (κ1) is 11.0. The molecule has 0 radical (unpaired) electrons. The highest BCUT2D eigenvalue weighted by molar-refractivity contribution is 5.80. The van der Waals surface area contributed by atoms with Crippen LogP contribution in [-0.2, 0) is 0 Å². The summed E-state index contributed by atoms with van der Waals surface area (Å²) in [6.07, 6.45) is -0.206. The second-order valence-electron chi connectivity index (χ2n) is 4.67. The molecule has 6 heteroatoms. The Balaban J connectivity index is 2.29. The summed E-state index contributed by atoms with van der Waals surface area (Å²) in [4.78, 5) is 26.5. The lowest BCUT2D eigenvalue weighted by atomic mass is 9.86. The Kier molecular flexibility index (Phi) is 2.44. The molecule has 2 heterocycles. The summed E-state index contributed by atoms with van der Waals surface area (Å²) in [6.45, 7) is 3.99. The van der Waals surface area contributed by atoms with Gasteiger partial charge in [-0.3, -0.25) is 0 Å². The van der Waals surface area contributed by atoms with Crippen molar-refractivity contribution < 1.29 is 9.59 Å². The minimum Gasteiger partial charge on any atom is -0.335 e. The number of nitrogens with zero attached hydrogens (tertiary/aromatic N) is 2. The van der Waals surface area contributed by atoms with Gasteiger partial charge in [-0.05, 0) is 13.8 Å². The van der Waals surface area contributed by atoms with Crippen LogP contribution >= 0.6 is 0 Å². The Labute approximate surface area is 95.0 Å². The van der Waals surface area contributed by atoms with E-state index < -0.39 is 0 Å². The Morgan fingerprint density at radius 3 is 2.19 bits per heavy atom.